The van der Waals surface area contributed by atoms with E-state index in [9.17, 15) is 0 Å². The van der Waals surface area contributed by atoms with Gasteiger partial charge in [-0.3, -0.25) is 4.90 Å². The number of hydrogen-bond donors (Lipinski definition) is 0. The highest BCUT2D eigenvalue weighted by Crippen LogP contribution is 2.30. The quantitative estimate of drug-likeness (QED) is 0.566. The zero-order valence-corrected chi connectivity index (χ0v) is 21.3. The van der Waals surface area contributed by atoms with Gasteiger partial charge in [-0.15, -0.1) is 0 Å². The van der Waals surface area contributed by atoms with Gasteiger partial charge in [-0.1, -0.05) is 0 Å². The lowest BCUT2D eigenvalue weighted by molar-refractivity contribution is -0.103. The van der Waals surface area contributed by atoms with Crippen LogP contribution in [0, 0.1) is 0 Å². The molecule has 5 nitrogen and oxygen atoms in total. The average molecular weight is 439 g/mol. The van der Waals surface area contributed by atoms with E-state index < -0.39 is 0 Å². The Morgan fingerprint density at radius 2 is 1.03 bits per heavy atom. The maximum absolute atomic E-state index is 6.51. The van der Waals surface area contributed by atoms with Gasteiger partial charge in [0, 0.05) is 38.3 Å². The SMILES string of the molecule is CC(C)(C)OCCN1CCC(OC2CCC(OC3CCN(C(C)(C)C)CC3)CC2)CC1. The van der Waals surface area contributed by atoms with Gasteiger partial charge in [0.1, 0.15) is 0 Å². The molecule has 1 saturated carbocycles. The van der Waals surface area contributed by atoms with Crippen molar-refractivity contribution in [2.75, 3.05) is 39.3 Å². The van der Waals surface area contributed by atoms with Crippen molar-refractivity contribution in [3.8, 4) is 0 Å². The number of nitrogens with zero attached hydrogens (tertiary/aromatic N) is 2. The van der Waals surface area contributed by atoms with Crippen molar-refractivity contribution in [2.45, 2.75) is 128 Å². The van der Waals surface area contributed by atoms with Gasteiger partial charge in [0.15, 0.2) is 0 Å². The summed E-state index contributed by atoms with van der Waals surface area (Å²) in [5, 5.41) is 0. The summed E-state index contributed by atoms with van der Waals surface area (Å²) in [7, 11) is 0. The summed E-state index contributed by atoms with van der Waals surface area (Å²) in [6.07, 6.45) is 11.2. The van der Waals surface area contributed by atoms with Gasteiger partial charge < -0.3 is 19.1 Å². The maximum atomic E-state index is 6.51. The lowest BCUT2D eigenvalue weighted by Crippen LogP contribution is -2.48. The number of likely N-dealkylation sites (tertiary alicyclic amines) is 2. The van der Waals surface area contributed by atoms with Crippen LogP contribution in [0.3, 0.4) is 0 Å². The molecule has 0 aromatic heterocycles. The third-order valence-electron chi connectivity index (χ3n) is 7.26. The lowest BCUT2D eigenvalue weighted by atomic mass is 9.93. The Morgan fingerprint density at radius 1 is 0.613 bits per heavy atom. The molecule has 0 amide bonds. The van der Waals surface area contributed by atoms with E-state index in [0.29, 0.717) is 24.4 Å². The number of ether oxygens (including phenoxy) is 3. The second-order valence-corrected chi connectivity index (χ2v) is 12.0. The molecule has 0 bridgehead atoms. The summed E-state index contributed by atoms with van der Waals surface area (Å²) in [6, 6.07) is 0. The van der Waals surface area contributed by atoms with Crippen LogP contribution in [0.2, 0.25) is 0 Å². The van der Waals surface area contributed by atoms with Crippen LogP contribution >= 0.6 is 0 Å². The van der Waals surface area contributed by atoms with Crippen LogP contribution in [0.15, 0.2) is 0 Å². The van der Waals surface area contributed by atoms with Gasteiger partial charge in [-0.2, -0.15) is 0 Å². The molecule has 0 unspecified atom stereocenters. The predicted molar refractivity (Wildman–Crippen MR) is 128 cm³/mol. The first kappa shape index (κ1) is 25.4. The van der Waals surface area contributed by atoms with E-state index in [-0.39, 0.29) is 11.1 Å². The van der Waals surface area contributed by atoms with Crippen molar-refractivity contribution in [1.29, 1.82) is 0 Å². The Balaban J connectivity index is 1.26. The summed E-state index contributed by atoms with van der Waals surface area (Å²) in [5.74, 6) is 0. The van der Waals surface area contributed by atoms with Crippen LogP contribution in [0.4, 0.5) is 0 Å². The van der Waals surface area contributed by atoms with Crippen molar-refractivity contribution in [3.05, 3.63) is 0 Å². The van der Waals surface area contributed by atoms with Crippen LogP contribution < -0.4 is 0 Å². The first-order valence-electron chi connectivity index (χ1n) is 13.0. The highest BCUT2D eigenvalue weighted by Gasteiger charge is 2.31. The van der Waals surface area contributed by atoms with Crippen LogP contribution in [0.1, 0.15) is 92.9 Å². The largest absolute Gasteiger partial charge is 0.375 e. The standard InChI is InChI=1S/C26H50N2O3/c1-25(2,3)28-17-13-24(14-18-28)31-22-9-7-21(8-10-22)30-23-11-15-27(16-12-23)19-20-29-26(4,5)6/h21-24H,7-20H2,1-6H3. The Hall–Kier alpha value is -0.200. The molecule has 3 aliphatic rings. The van der Waals surface area contributed by atoms with Gasteiger partial charge >= 0.3 is 0 Å². The number of hydrogen-bond acceptors (Lipinski definition) is 5. The van der Waals surface area contributed by atoms with Crippen molar-refractivity contribution >= 4 is 0 Å². The van der Waals surface area contributed by atoms with Crippen LogP contribution in [0.5, 0.6) is 0 Å². The molecule has 0 radical (unpaired) electrons. The summed E-state index contributed by atoms with van der Waals surface area (Å²) >= 11 is 0. The molecule has 0 spiro atoms. The van der Waals surface area contributed by atoms with Crippen molar-refractivity contribution < 1.29 is 14.2 Å². The van der Waals surface area contributed by atoms with E-state index in [0.717, 1.165) is 39.1 Å². The van der Waals surface area contributed by atoms with E-state index in [1.807, 2.05) is 0 Å². The normalized spacial score (nSPS) is 28.8. The topological polar surface area (TPSA) is 34.2 Å². The third kappa shape index (κ3) is 8.92. The highest BCUT2D eigenvalue weighted by atomic mass is 16.5. The molecule has 0 aromatic rings. The molecule has 2 heterocycles. The zero-order valence-electron chi connectivity index (χ0n) is 21.3. The maximum Gasteiger partial charge on any atom is 0.0603 e. The minimum absolute atomic E-state index is 0.0340. The first-order chi connectivity index (χ1) is 14.6. The van der Waals surface area contributed by atoms with Gasteiger partial charge in [0.05, 0.1) is 36.6 Å². The zero-order chi connectivity index (χ0) is 22.5. The number of rotatable bonds is 7. The van der Waals surface area contributed by atoms with Crippen molar-refractivity contribution in [2.24, 2.45) is 0 Å². The molecule has 0 N–H and O–H groups in total. The molecule has 3 fully saturated rings. The highest BCUT2D eigenvalue weighted by molar-refractivity contribution is 4.84. The molecule has 2 saturated heterocycles. The molecule has 2 aliphatic heterocycles. The third-order valence-corrected chi connectivity index (χ3v) is 7.26. The van der Waals surface area contributed by atoms with E-state index in [2.05, 4.69) is 51.3 Å². The molecule has 1 aliphatic carbocycles. The summed E-state index contributed by atoms with van der Waals surface area (Å²) in [4.78, 5) is 5.13. The molecule has 0 aromatic carbocycles. The Labute approximate surface area is 192 Å². The molecule has 3 rings (SSSR count). The van der Waals surface area contributed by atoms with Gasteiger partial charge in [0.2, 0.25) is 0 Å². The van der Waals surface area contributed by atoms with E-state index in [1.165, 1.54) is 51.6 Å². The monoisotopic (exact) mass is 438 g/mol. The van der Waals surface area contributed by atoms with Crippen molar-refractivity contribution in [3.63, 3.8) is 0 Å². The fourth-order valence-corrected chi connectivity index (χ4v) is 5.26. The molecule has 182 valence electrons. The minimum atomic E-state index is -0.0340. The average Bonchev–Trinajstić information content (AvgIpc) is 2.70. The molecular formula is C26H50N2O3. The fraction of sp³-hybridized carbons (Fsp3) is 1.00. The van der Waals surface area contributed by atoms with Crippen LogP contribution in [-0.4, -0.2) is 84.7 Å². The van der Waals surface area contributed by atoms with Crippen LogP contribution in [0.25, 0.3) is 0 Å². The van der Waals surface area contributed by atoms with Gasteiger partial charge in [-0.05, 0) is 92.9 Å². The fourth-order valence-electron chi connectivity index (χ4n) is 5.26. The van der Waals surface area contributed by atoms with Crippen molar-refractivity contribution in [1.82, 2.24) is 9.80 Å². The second-order valence-electron chi connectivity index (χ2n) is 12.0. The van der Waals surface area contributed by atoms with E-state index in [4.69, 9.17) is 14.2 Å². The predicted octanol–water partition coefficient (Wildman–Crippen LogP) is 4.87. The first-order valence-corrected chi connectivity index (χ1v) is 13.0. The Bertz CT molecular complexity index is 504. The minimum Gasteiger partial charge on any atom is -0.375 e. The summed E-state index contributed by atoms with van der Waals surface area (Å²) < 4.78 is 18.9. The van der Waals surface area contributed by atoms with Gasteiger partial charge in [-0.25, -0.2) is 0 Å². The summed E-state index contributed by atoms with van der Waals surface area (Å²) in [5.41, 5.74) is 0.254. The van der Waals surface area contributed by atoms with Crippen LogP contribution in [-0.2, 0) is 14.2 Å². The molecule has 31 heavy (non-hydrogen) atoms. The summed E-state index contributed by atoms with van der Waals surface area (Å²) in [6.45, 7) is 19.8. The smallest absolute Gasteiger partial charge is 0.0603 e. The second kappa shape index (κ2) is 11.3. The van der Waals surface area contributed by atoms with Gasteiger partial charge in [0.25, 0.3) is 0 Å². The molecular weight excluding hydrogens is 388 g/mol. The Morgan fingerprint density at radius 3 is 1.45 bits per heavy atom. The lowest BCUT2D eigenvalue weighted by Gasteiger charge is -2.42. The molecule has 5 heteroatoms. The van der Waals surface area contributed by atoms with E-state index >= 15 is 0 Å². The molecule has 0 atom stereocenters. The number of piperidine rings is 2. The Kier molecular flexibility index (Phi) is 9.26. The van der Waals surface area contributed by atoms with E-state index in [1.54, 1.807) is 0 Å².